The van der Waals surface area contributed by atoms with Crippen LogP contribution in [0.5, 0.6) is 0 Å². The summed E-state index contributed by atoms with van der Waals surface area (Å²) in [6.07, 6.45) is 3.81. The van der Waals surface area contributed by atoms with E-state index in [2.05, 4.69) is 17.2 Å². The molecule has 0 spiro atoms. The van der Waals surface area contributed by atoms with Crippen molar-refractivity contribution >= 4 is 34.1 Å². The molecule has 0 radical (unpaired) electrons. The van der Waals surface area contributed by atoms with E-state index in [1.807, 2.05) is 12.1 Å². The number of carbonyl (C=O) groups is 1. The van der Waals surface area contributed by atoms with E-state index in [1.54, 1.807) is 18.3 Å². The summed E-state index contributed by atoms with van der Waals surface area (Å²) < 4.78 is 0. The summed E-state index contributed by atoms with van der Waals surface area (Å²) in [4.78, 5) is 16.2. The normalized spacial score (nSPS) is 12.3. The number of nitrogens with zero attached hydrogens (tertiary/aromatic N) is 1. The second-order valence-corrected chi connectivity index (χ2v) is 5.20. The maximum atomic E-state index is 12.0. The van der Waals surface area contributed by atoms with E-state index >= 15 is 0 Å². The fraction of sp³-hybridized carbons (Fsp3) is 0.333. The number of aromatic nitrogens is 1. The van der Waals surface area contributed by atoms with Crippen LogP contribution >= 0.6 is 11.6 Å². The van der Waals surface area contributed by atoms with Gasteiger partial charge in [0, 0.05) is 24.0 Å². The van der Waals surface area contributed by atoms with Crippen molar-refractivity contribution in [1.82, 2.24) is 4.98 Å². The van der Waals surface area contributed by atoms with Gasteiger partial charge in [-0.15, -0.1) is 0 Å². The molecule has 0 aliphatic carbocycles. The molecule has 5 heteroatoms. The van der Waals surface area contributed by atoms with Crippen LogP contribution in [0.25, 0.3) is 10.9 Å². The quantitative estimate of drug-likeness (QED) is 0.888. The molecule has 1 unspecified atom stereocenters. The lowest BCUT2D eigenvalue weighted by atomic mass is 10.1. The van der Waals surface area contributed by atoms with Gasteiger partial charge in [-0.25, -0.2) is 0 Å². The Balaban J connectivity index is 2.18. The lowest BCUT2D eigenvalue weighted by Gasteiger charge is -2.12. The predicted octanol–water partition coefficient (Wildman–Crippen LogP) is 3.34. The van der Waals surface area contributed by atoms with Crippen molar-refractivity contribution in [2.24, 2.45) is 5.73 Å². The lowest BCUT2D eigenvalue weighted by molar-refractivity contribution is -0.116. The smallest absolute Gasteiger partial charge is 0.225 e. The maximum absolute atomic E-state index is 12.0. The summed E-state index contributed by atoms with van der Waals surface area (Å²) in [5, 5.41) is 4.29. The number of benzene rings is 1. The molecular weight excluding hydrogens is 274 g/mol. The van der Waals surface area contributed by atoms with Crippen molar-refractivity contribution in [3.8, 4) is 0 Å². The highest BCUT2D eigenvalue weighted by molar-refractivity contribution is 6.35. The number of fused-ring (bicyclic) bond motifs is 1. The summed E-state index contributed by atoms with van der Waals surface area (Å²) >= 11 is 6.10. The number of halogens is 1. The molecule has 1 atom stereocenters. The van der Waals surface area contributed by atoms with Crippen molar-refractivity contribution in [3.05, 3.63) is 35.5 Å². The molecule has 4 nitrogen and oxygen atoms in total. The molecule has 0 saturated heterocycles. The van der Waals surface area contributed by atoms with E-state index in [1.165, 1.54) is 0 Å². The van der Waals surface area contributed by atoms with Crippen LogP contribution in [-0.4, -0.2) is 16.9 Å². The summed E-state index contributed by atoms with van der Waals surface area (Å²) in [5.41, 5.74) is 7.28. The van der Waals surface area contributed by atoms with E-state index in [0.717, 1.165) is 18.2 Å². The van der Waals surface area contributed by atoms with Gasteiger partial charge < -0.3 is 11.1 Å². The van der Waals surface area contributed by atoms with Gasteiger partial charge in [0.25, 0.3) is 0 Å². The molecule has 1 aromatic heterocycles. The molecule has 1 aromatic carbocycles. The third-order valence-corrected chi connectivity index (χ3v) is 3.41. The molecule has 0 fully saturated rings. The van der Waals surface area contributed by atoms with E-state index in [4.69, 9.17) is 17.3 Å². The molecule has 0 aliphatic heterocycles. The van der Waals surface area contributed by atoms with Crippen molar-refractivity contribution in [2.75, 3.05) is 5.32 Å². The molecule has 0 bridgehead atoms. The average molecular weight is 292 g/mol. The fourth-order valence-corrected chi connectivity index (χ4v) is 2.37. The summed E-state index contributed by atoms with van der Waals surface area (Å²) in [6.45, 7) is 2.05. The third-order valence-electron chi connectivity index (χ3n) is 3.10. The maximum Gasteiger partial charge on any atom is 0.225 e. The molecule has 20 heavy (non-hydrogen) atoms. The fourth-order valence-electron chi connectivity index (χ4n) is 2.16. The molecule has 0 saturated carbocycles. The van der Waals surface area contributed by atoms with Gasteiger partial charge in [0.15, 0.2) is 0 Å². The average Bonchev–Trinajstić information content (AvgIpc) is 2.42. The van der Waals surface area contributed by atoms with Gasteiger partial charge in [-0.05, 0) is 30.7 Å². The van der Waals surface area contributed by atoms with E-state index < -0.39 is 0 Å². The molecular formula is C15H18ClN3O. The number of hydrogen-bond donors (Lipinski definition) is 2. The van der Waals surface area contributed by atoms with Crippen LogP contribution in [0.1, 0.15) is 26.2 Å². The number of hydrogen-bond acceptors (Lipinski definition) is 3. The number of rotatable bonds is 5. The lowest BCUT2D eigenvalue weighted by Crippen LogP contribution is -2.26. The van der Waals surface area contributed by atoms with Gasteiger partial charge in [-0.3, -0.25) is 9.78 Å². The van der Waals surface area contributed by atoms with Crippen LogP contribution in [-0.2, 0) is 4.79 Å². The highest BCUT2D eigenvalue weighted by Gasteiger charge is 2.11. The standard InChI is InChI=1S/C15H18ClN3O/c1-2-4-10(17)9-14(20)19-13-7-6-12(16)15-11(13)5-3-8-18-15/h3,5-8,10H,2,4,9,17H2,1H3,(H,19,20). The van der Waals surface area contributed by atoms with Crippen molar-refractivity contribution in [3.63, 3.8) is 0 Å². The van der Waals surface area contributed by atoms with Crippen molar-refractivity contribution in [2.45, 2.75) is 32.2 Å². The predicted molar refractivity (Wildman–Crippen MR) is 82.9 cm³/mol. The number of nitrogens with two attached hydrogens (primary N) is 1. The first-order valence-corrected chi connectivity index (χ1v) is 7.08. The minimum atomic E-state index is -0.100. The first-order valence-electron chi connectivity index (χ1n) is 6.70. The van der Waals surface area contributed by atoms with E-state index in [-0.39, 0.29) is 11.9 Å². The van der Waals surface area contributed by atoms with Gasteiger partial charge in [0.1, 0.15) is 0 Å². The largest absolute Gasteiger partial charge is 0.327 e. The summed E-state index contributed by atoms with van der Waals surface area (Å²) in [5.74, 6) is -0.0848. The second-order valence-electron chi connectivity index (χ2n) is 4.80. The number of pyridine rings is 1. The van der Waals surface area contributed by atoms with Crippen LogP contribution in [0, 0.1) is 0 Å². The Morgan fingerprint density at radius 3 is 3.00 bits per heavy atom. The minimum absolute atomic E-state index is 0.0848. The van der Waals surface area contributed by atoms with Crippen LogP contribution in [0.4, 0.5) is 5.69 Å². The minimum Gasteiger partial charge on any atom is -0.327 e. The number of carbonyl (C=O) groups excluding carboxylic acids is 1. The second kappa shape index (κ2) is 6.68. The summed E-state index contributed by atoms with van der Waals surface area (Å²) in [7, 11) is 0. The molecule has 0 aliphatic rings. The van der Waals surface area contributed by atoms with Crippen LogP contribution in [0.3, 0.4) is 0 Å². The van der Waals surface area contributed by atoms with Crippen LogP contribution in [0.15, 0.2) is 30.5 Å². The topological polar surface area (TPSA) is 68.0 Å². The summed E-state index contributed by atoms with van der Waals surface area (Å²) in [6, 6.07) is 7.12. The SMILES string of the molecule is CCCC(N)CC(=O)Nc1ccc(Cl)c2ncccc12. The van der Waals surface area contributed by atoms with Crippen molar-refractivity contribution < 1.29 is 4.79 Å². The van der Waals surface area contributed by atoms with Gasteiger partial charge in [-0.2, -0.15) is 0 Å². The van der Waals surface area contributed by atoms with Crippen LogP contribution < -0.4 is 11.1 Å². The Kier molecular flexibility index (Phi) is 4.93. The molecule has 2 rings (SSSR count). The van der Waals surface area contributed by atoms with Gasteiger partial charge in [0.05, 0.1) is 16.2 Å². The van der Waals surface area contributed by atoms with Gasteiger partial charge in [0.2, 0.25) is 5.91 Å². The number of amides is 1. The number of nitrogens with one attached hydrogen (secondary N) is 1. The Morgan fingerprint density at radius 2 is 2.25 bits per heavy atom. The molecule has 1 amide bonds. The Hall–Kier alpha value is -1.65. The van der Waals surface area contributed by atoms with E-state index in [9.17, 15) is 4.79 Å². The third kappa shape index (κ3) is 3.46. The first-order chi connectivity index (χ1) is 9.61. The highest BCUT2D eigenvalue weighted by Crippen LogP contribution is 2.28. The van der Waals surface area contributed by atoms with E-state index in [0.29, 0.717) is 22.6 Å². The van der Waals surface area contributed by atoms with Crippen molar-refractivity contribution in [1.29, 1.82) is 0 Å². The number of anilines is 1. The highest BCUT2D eigenvalue weighted by atomic mass is 35.5. The Bertz CT molecular complexity index is 615. The zero-order valence-electron chi connectivity index (χ0n) is 11.4. The molecule has 3 N–H and O–H groups in total. The first kappa shape index (κ1) is 14.8. The zero-order valence-corrected chi connectivity index (χ0v) is 12.2. The zero-order chi connectivity index (χ0) is 14.5. The van der Waals surface area contributed by atoms with Gasteiger partial charge >= 0.3 is 0 Å². The van der Waals surface area contributed by atoms with Crippen LogP contribution in [0.2, 0.25) is 5.02 Å². The molecule has 1 heterocycles. The molecule has 2 aromatic rings. The Morgan fingerprint density at radius 1 is 1.45 bits per heavy atom. The van der Waals surface area contributed by atoms with Gasteiger partial charge in [-0.1, -0.05) is 24.9 Å². The monoisotopic (exact) mass is 291 g/mol. The Labute approximate surface area is 123 Å². The molecule has 106 valence electrons.